The lowest BCUT2D eigenvalue weighted by Gasteiger charge is -2.06. The normalized spacial score (nSPS) is 11.1. The highest BCUT2D eigenvalue weighted by molar-refractivity contribution is 9.10. The van der Waals surface area contributed by atoms with Gasteiger partial charge >= 0.3 is 0 Å². The minimum absolute atomic E-state index is 0.104. The molecule has 0 aliphatic carbocycles. The van der Waals surface area contributed by atoms with Gasteiger partial charge in [0.2, 0.25) is 0 Å². The molecule has 3 N–H and O–H groups in total. The summed E-state index contributed by atoms with van der Waals surface area (Å²) in [7, 11) is 0. The molecular weight excluding hydrogens is 408 g/mol. The van der Waals surface area contributed by atoms with Gasteiger partial charge in [-0.15, -0.1) is 0 Å². The van der Waals surface area contributed by atoms with Crippen molar-refractivity contribution < 1.29 is 15.0 Å². The van der Waals surface area contributed by atoms with Gasteiger partial charge in [0.05, 0.1) is 16.8 Å². The summed E-state index contributed by atoms with van der Waals surface area (Å²) in [6.45, 7) is 0. The number of aromatic hydroxyl groups is 2. The molecule has 0 fully saturated rings. The van der Waals surface area contributed by atoms with Crippen molar-refractivity contribution in [3.63, 3.8) is 0 Å². The second-order valence-corrected chi connectivity index (χ2v) is 6.56. The molecule has 0 aliphatic heterocycles. The Morgan fingerprint density at radius 3 is 2.52 bits per heavy atom. The van der Waals surface area contributed by atoms with Crippen molar-refractivity contribution in [3.8, 4) is 11.5 Å². The van der Waals surface area contributed by atoms with Gasteiger partial charge in [0.15, 0.2) is 0 Å². The second kappa shape index (κ2) is 7.13. The molecule has 0 radical (unpaired) electrons. The number of carbonyl (C=O) groups excluding carboxylic acids is 1. The number of nitrogens with one attached hydrogen (secondary N) is 1. The molecule has 0 aliphatic rings. The van der Waals surface area contributed by atoms with Crippen LogP contribution >= 0.6 is 27.5 Å². The Bertz CT molecular complexity index is 1010. The Kier molecular flexibility index (Phi) is 4.92. The third kappa shape index (κ3) is 3.75. The largest absolute Gasteiger partial charge is 0.507 e. The molecule has 3 aromatic carbocycles. The molecule has 0 heterocycles. The number of halogens is 2. The minimum atomic E-state index is -0.569. The van der Waals surface area contributed by atoms with Gasteiger partial charge in [-0.2, -0.15) is 5.10 Å². The van der Waals surface area contributed by atoms with Crippen LogP contribution in [0.15, 0.2) is 58.1 Å². The fraction of sp³-hybridized carbons (Fsp3) is 0. The summed E-state index contributed by atoms with van der Waals surface area (Å²) in [5.74, 6) is -0.851. The molecule has 1 amide bonds. The number of phenolic OH excluding ortho intramolecular Hbond substituents is 2. The summed E-state index contributed by atoms with van der Waals surface area (Å²) in [6, 6.07) is 13.6. The smallest absolute Gasteiger partial charge is 0.275 e. The van der Waals surface area contributed by atoms with Crippen LogP contribution in [-0.4, -0.2) is 22.3 Å². The number of hydrogen-bond acceptors (Lipinski definition) is 4. The van der Waals surface area contributed by atoms with Crippen LogP contribution in [-0.2, 0) is 0 Å². The summed E-state index contributed by atoms with van der Waals surface area (Å²) in [4.78, 5) is 12.2. The quantitative estimate of drug-likeness (QED) is 0.434. The van der Waals surface area contributed by atoms with Crippen molar-refractivity contribution in [2.75, 3.05) is 0 Å². The molecule has 3 rings (SSSR count). The van der Waals surface area contributed by atoms with Crippen molar-refractivity contribution in [2.45, 2.75) is 0 Å². The molecule has 0 aromatic heterocycles. The van der Waals surface area contributed by atoms with E-state index in [1.165, 1.54) is 12.3 Å². The second-order valence-electron chi connectivity index (χ2n) is 5.24. The zero-order chi connectivity index (χ0) is 18.0. The number of nitrogens with zero attached hydrogens (tertiary/aromatic N) is 1. The van der Waals surface area contributed by atoms with Gasteiger partial charge in [-0.25, -0.2) is 5.43 Å². The van der Waals surface area contributed by atoms with Gasteiger partial charge in [0, 0.05) is 10.0 Å². The number of rotatable bonds is 3. The van der Waals surface area contributed by atoms with Crippen LogP contribution in [0.2, 0.25) is 5.02 Å². The van der Waals surface area contributed by atoms with E-state index >= 15 is 0 Å². The van der Waals surface area contributed by atoms with Crippen LogP contribution in [0.3, 0.4) is 0 Å². The third-order valence-electron chi connectivity index (χ3n) is 3.54. The first-order valence-corrected chi connectivity index (χ1v) is 8.36. The average Bonchev–Trinajstić information content (AvgIpc) is 2.58. The van der Waals surface area contributed by atoms with E-state index in [-0.39, 0.29) is 22.1 Å². The molecule has 0 atom stereocenters. The van der Waals surface area contributed by atoms with Crippen LogP contribution in [0.5, 0.6) is 11.5 Å². The lowest BCUT2D eigenvalue weighted by molar-refractivity contribution is 0.0952. The van der Waals surface area contributed by atoms with E-state index < -0.39 is 5.91 Å². The van der Waals surface area contributed by atoms with Gasteiger partial charge in [0.25, 0.3) is 5.91 Å². The molecule has 0 spiro atoms. The standard InChI is InChI=1S/C18H12BrClN2O3/c19-13-5-12(17(24)15(20)8-13)9-21-22-18(25)14-6-10-3-1-2-4-11(10)7-16(14)23/h1-9,23-24H,(H,22,25). The zero-order valence-electron chi connectivity index (χ0n) is 12.7. The minimum Gasteiger partial charge on any atom is -0.507 e. The fourth-order valence-electron chi connectivity index (χ4n) is 2.32. The predicted octanol–water partition coefficient (Wildman–Crippen LogP) is 4.43. The lowest BCUT2D eigenvalue weighted by Crippen LogP contribution is -2.17. The molecule has 126 valence electrons. The summed E-state index contributed by atoms with van der Waals surface area (Å²) < 4.78 is 0.662. The number of fused-ring (bicyclic) bond motifs is 1. The van der Waals surface area contributed by atoms with Crippen molar-refractivity contribution in [3.05, 3.63) is 69.2 Å². The summed E-state index contributed by atoms with van der Waals surface area (Å²) >= 11 is 9.13. The Balaban J connectivity index is 1.82. The molecule has 0 saturated carbocycles. The maximum Gasteiger partial charge on any atom is 0.275 e. The first kappa shape index (κ1) is 17.3. The molecular formula is C18H12BrClN2O3. The van der Waals surface area contributed by atoms with Gasteiger partial charge in [-0.3, -0.25) is 4.79 Å². The lowest BCUT2D eigenvalue weighted by atomic mass is 10.1. The molecule has 7 heteroatoms. The van der Waals surface area contributed by atoms with Gasteiger partial charge in [0.1, 0.15) is 11.5 Å². The van der Waals surface area contributed by atoms with Crippen molar-refractivity contribution >= 4 is 50.4 Å². The monoisotopic (exact) mass is 418 g/mol. The van der Waals surface area contributed by atoms with Crippen LogP contribution in [0, 0.1) is 0 Å². The zero-order valence-corrected chi connectivity index (χ0v) is 15.0. The SMILES string of the molecule is O=C(NN=Cc1cc(Br)cc(Cl)c1O)c1cc2ccccc2cc1O. The van der Waals surface area contributed by atoms with Gasteiger partial charge in [-0.05, 0) is 35.0 Å². The molecule has 25 heavy (non-hydrogen) atoms. The Hall–Kier alpha value is -2.57. The van der Waals surface area contributed by atoms with E-state index in [0.29, 0.717) is 10.0 Å². The van der Waals surface area contributed by atoms with Crippen molar-refractivity contribution in [1.82, 2.24) is 5.43 Å². The molecule has 5 nitrogen and oxygen atoms in total. The van der Waals surface area contributed by atoms with Gasteiger partial charge < -0.3 is 10.2 Å². The van der Waals surface area contributed by atoms with Crippen LogP contribution < -0.4 is 5.43 Å². The number of benzene rings is 3. The summed E-state index contributed by atoms with van der Waals surface area (Å²) in [6.07, 6.45) is 1.27. The predicted molar refractivity (Wildman–Crippen MR) is 101 cm³/mol. The molecule has 0 unspecified atom stereocenters. The number of hydrazone groups is 1. The highest BCUT2D eigenvalue weighted by Crippen LogP contribution is 2.30. The molecule has 3 aromatic rings. The van der Waals surface area contributed by atoms with Crippen LogP contribution in [0.25, 0.3) is 10.8 Å². The molecule has 0 bridgehead atoms. The summed E-state index contributed by atoms with van der Waals surface area (Å²) in [5, 5.41) is 25.5. The van der Waals surface area contributed by atoms with Crippen LogP contribution in [0.1, 0.15) is 15.9 Å². The first-order chi connectivity index (χ1) is 12.0. The Morgan fingerprint density at radius 2 is 1.80 bits per heavy atom. The maximum absolute atomic E-state index is 12.2. The third-order valence-corrected chi connectivity index (χ3v) is 4.28. The van der Waals surface area contributed by atoms with E-state index in [2.05, 4.69) is 26.5 Å². The van der Waals surface area contributed by atoms with E-state index in [9.17, 15) is 15.0 Å². The van der Waals surface area contributed by atoms with E-state index in [1.54, 1.807) is 18.2 Å². The fourth-order valence-corrected chi connectivity index (χ4v) is 3.15. The highest BCUT2D eigenvalue weighted by atomic mass is 79.9. The number of hydrogen-bond donors (Lipinski definition) is 3. The molecule has 0 saturated heterocycles. The van der Waals surface area contributed by atoms with Crippen molar-refractivity contribution in [1.29, 1.82) is 0 Å². The number of carbonyl (C=O) groups is 1. The topological polar surface area (TPSA) is 81.9 Å². The Morgan fingerprint density at radius 1 is 1.12 bits per heavy atom. The first-order valence-electron chi connectivity index (χ1n) is 7.19. The number of amides is 1. The highest BCUT2D eigenvalue weighted by Gasteiger charge is 2.12. The van der Waals surface area contributed by atoms with E-state index in [4.69, 9.17) is 11.6 Å². The van der Waals surface area contributed by atoms with E-state index in [0.717, 1.165) is 10.8 Å². The summed E-state index contributed by atoms with van der Waals surface area (Å²) in [5.41, 5.74) is 2.76. The van der Waals surface area contributed by atoms with E-state index in [1.807, 2.05) is 24.3 Å². The number of phenols is 2. The maximum atomic E-state index is 12.2. The Labute approximate surface area is 156 Å². The van der Waals surface area contributed by atoms with Gasteiger partial charge in [-0.1, -0.05) is 51.8 Å². The van der Waals surface area contributed by atoms with Crippen LogP contribution in [0.4, 0.5) is 0 Å². The van der Waals surface area contributed by atoms with Crippen molar-refractivity contribution in [2.24, 2.45) is 5.10 Å². The average molecular weight is 420 g/mol.